The van der Waals surface area contributed by atoms with Gasteiger partial charge in [0.2, 0.25) is 0 Å². The van der Waals surface area contributed by atoms with Crippen LogP contribution < -0.4 is 0 Å². The van der Waals surface area contributed by atoms with Crippen LogP contribution in [0.5, 0.6) is 0 Å². The largest absolute Gasteiger partial charge is 0.454 e. The van der Waals surface area contributed by atoms with Crippen LogP contribution in [0.2, 0.25) is 25.7 Å². The Bertz CT molecular complexity index is 1190. The van der Waals surface area contributed by atoms with Crippen molar-refractivity contribution in [2.24, 2.45) is 0 Å². The molecule has 5 atom stereocenters. The van der Waals surface area contributed by atoms with Crippen LogP contribution in [-0.4, -0.2) is 58.0 Å². The van der Waals surface area contributed by atoms with Crippen molar-refractivity contribution in [1.29, 1.82) is 0 Å². The fraction of sp³-hybridized carbons (Fsp3) is 0.441. The zero-order chi connectivity index (χ0) is 29.8. The number of carbonyl (C=O) groups is 1. The number of rotatable bonds is 15. The van der Waals surface area contributed by atoms with E-state index in [1.165, 1.54) is 6.92 Å². The number of hydrogen-bond acceptors (Lipinski definition) is 7. The predicted molar refractivity (Wildman–Crippen MR) is 164 cm³/mol. The highest BCUT2D eigenvalue weighted by molar-refractivity contribution is 6.76. The van der Waals surface area contributed by atoms with Gasteiger partial charge in [-0.3, -0.25) is 4.79 Å². The average Bonchev–Trinajstić information content (AvgIpc) is 2.97. The van der Waals surface area contributed by atoms with Crippen molar-refractivity contribution in [3.63, 3.8) is 0 Å². The lowest BCUT2D eigenvalue weighted by atomic mass is 9.98. The molecule has 4 rings (SSSR count). The van der Waals surface area contributed by atoms with Gasteiger partial charge in [0, 0.05) is 21.6 Å². The van der Waals surface area contributed by atoms with Gasteiger partial charge in [-0.15, -0.1) is 0 Å². The van der Waals surface area contributed by atoms with Gasteiger partial charge in [0.05, 0.1) is 26.4 Å². The average molecular weight is 593 g/mol. The third-order valence-corrected chi connectivity index (χ3v) is 8.70. The quantitative estimate of drug-likeness (QED) is 0.150. The number of benzene rings is 3. The van der Waals surface area contributed by atoms with Crippen LogP contribution in [0.3, 0.4) is 0 Å². The molecule has 0 N–H and O–H groups in total. The summed E-state index contributed by atoms with van der Waals surface area (Å²) in [5, 5.41) is 0. The molecule has 7 nitrogen and oxygen atoms in total. The maximum absolute atomic E-state index is 12.4. The highest BCUT2D eigenvalue weighted by atomic mass is 28.3. The summed E-state index contributed by atoms with van der Waals surface area (Å²) in [5.74, 6) is -0.434. The zero-order valence-corrected chi connectivity index (χ0v) is 26.1. The molecule has 0 spiro atoms. The molecule has 8 heteroatoms. The van der Waals surface area contributed by atoms with Crippen LogP contribution in [-0.2, 0) is 53.0 Å². The minimum atomic E-state index is -1.38. The molecule has 42 heavy (non-hydrogen) atoms. The van der Waals surface area contributed by atoms with E-state index in [4.69, 9.17) is 28.4 Å². The lowest BCUT2D eigenvalue weighted by Gasteiger charge is -2.45. The van der Waals surface area contributed by atoms with Crippen LogP contribution in [0.25, 0.3) is 0 Å². The molecule has 0 amide bonds. The van der Waals surface area contributed by atoms with E-state index in [0.717, 1.165) is 22.7 Å². The Hall–Kier alpha value is -2.85. The standard InChI is InChI=1S/C34H44O7Si/c1-26(35)40-33-32(39-24-29-18-12-7-13-19-29)31(38-23-28-16-10-6-11-17-28)30(25-36-22-27-14-8-5-9-15-27)41-34(33)37-20-21-42(2,3)4/h5-19,30-34H,20-25H2,1-4H3/t30-,31-,32+,33+,34+/m1/s1. The van der Waals surface area contributed by atoms with Gasteiger partial charge in [0.25, 0.3) is 0 Å². The summed E-state index contributed by atoms with van der Waals surface area (Å²) >= 11 is 0. The third kappa shape index (κ3) is 10.5. The topological polar surface area (TPSA) is 72.5 Å². The summed E-state index contributed by atoms with van der Waals surface area (Å²) in [6.45, 7) is 10.1. The fourth-order valence-electron chi connectivity index (χ4n) is 4.74. The van der Waals surface area contributed by atoms with Crippen molar-refractivity contribution in [1.82, 2.24) is 0 Å². The Kier molecular flexibility index (Phi) is 12.3. The van der Waals surface area contributed by atoms with E-state index >= 15 is 0 Å². The first-order chi connectivity index (χ1) is 20.3. The molecular weight excluding hydrogens is 548 g/mol. The van der Waals surface area contributed by atoms with Crippen LogP contribution in [0.15, 0.2) is 91.0 Å². The van der Waals surface area contributed by atoms with E-state index in [1.54, 1.807) is 0 Å². The molecular formula is C34H44O7Si. The van der Waals surface area contributed by atoms with Crippen LogP contribution in [0.4, 0.5) is 0 Å². The minimum absolute atomic E-state index is 0.250. The molecule has 0 saturated carbocycles. The second-order valence-corrected chi connectivity index (χ2v) is 17.4. The lowest BCUT2D eigenvalue weighted by molar-refractivity contribution is -0.320. The van der Waals surface area contributed by atoms with Gasteiger partial charge in [-0.1, -0.05) is 111 Å². The molecule has 1 fully saturated rings. The molecule has 1 aliphatic rings. The predicted octanol–water partition coefficient (Wildman–Crippen LogP) is 6.39. The van der Waals surface area contributed by atoms with Crippen molar-refractivity contribution in [3.8, 4) is 0 Å². The Balaban J connectivity index is 1.60. The summed E-state index contributed by atoms with van der Waals surface area (Å²) in [6, 6.07) is 30.8. The molecule has 1 aliphatic heterocycles. The maximum Gasteiger partial charge on any atom is 0.303 e. The molecule has 0 radical (unpaired) electrons. The molecule has 226 valence electrons. The van der Waals surface area contributed by atoms with Crippen LogP contribution in [0, 0.1) is 0 Å². The van der Waals surface area contributed by atoms with Crippen molar-refractivity contribution in [2.45, 2.75) is 83.1 Å². The second-order valence-electron chi connectivity index (χ2n) is 11.8. The Morgan fingerprint density at radius 2 is 1.19 bits per heavy atom. The molecule has 0 aliphatic carbocycles. The first-order valence-corrected chi connectivity index (χ1v) is 18.4. The fourth-order valence-corrected chi connectivity index (χ4v) is 5.47. The SMILES string of the molecule is CC(=O)O[C@@H]1[C@@H](OCC[Si](C)(C)C)O[C@H](COCc2ccccc2)[C@@H](OCc2ccccc2)[C@@H]1OCc1ccccc1. The monoisotopic (exact) mass is 592 g/mol. The minimum Gasteiger partial charge on any atom is -0.454 e. The van der Waals surface area contributed by atoms with Gasteiger partial charge in [-0.2, -0.15) is 0 Å². The number of esters is 1. The van der Waals surface area contributed by atoms with E-state index in [9.17, 15) is 4.79 Å². The summed E-state index contributed by atoms with van der Waals surface area (Å²) < 4.78 is 37.9. The van der Waals surface area contributed by atoms with Crippen LogP contribution >= 0.6 is 0 Å². The summed E-state index contributed by atoms with van der Waals surface area (Å²) in [5.41, 5.74) is 3.08. The second kappa shape index (κ2) is 16.1. The van der Waals surface area contributed by atoms with Crippen molar-refractivity contribution < 1.29 is 33.2 Å². The first-order valence-electron chi connectivity index (χ1n) is 14.7. The summed E-state index contributed by atoms with van der Waals surface area (Å²) in [4.78, 5) is 12.4. The Morgan fingerprint density at radius 1 is 0.690 bits per heavy atom. The van der Waals surface area contributed by atoms with Gasteiger partial charge in [0.15, 0.2) is 12.4 Å². The molecule has 1 heterocycles. The van der Waals surface area contributed by atoms with Gasteiger partial charge < -0.3 is 28.4 Å². The van der Waals surface area contributed by atoms with E-state index < -0.39 is 44.7 Å². The summed E-state index contributed by atoms with van der Waals surface area (Å²) in [7, 11) is -1.38. The molecule has 0 bridgehead atoms. The molecule has 0 aromatic heterocycles. The number of ether oxygens (including phenoxy) is 6. The molecule has 0 unspecified atom stereocenters. The molecule has 1 saturated heterocycles. The lowest BCUT2D eigenvalue weighted by Crippen LogP contribution is -2.62. The molecule has 3 aromatic carbocycles. The van der Waals surface area contributed by atoms with Gasteiger partial charge in [-0.05, 0) is 22.7 Å². The van der Waals surface area contributed by atoms with Gasteiger partial charge in [-0.25, -0.2) is 0 Å². The molecule has 3 aromatic rings. The smallest absolute Gasteiger partial charge is 0.303 e. The Labute approximate surface area is 251 Å². The number of carbonyl (C=O) groups excluding carboxylic acids is 1. The van der Waals surface area contributed by atoms with E-state index in [2.05, 4.69) is 19.6 Å². The highest BCUT2D eigenvalue weighted by Gasteiger charge is 2.50. The third-order valence-electron chi connectivity index (χ3n) is 6.99. The van der Waals surface area contributed by atoms with Gasteiger partial charge in [0.1, 0.15) is 18.3 Å². The van der Waals surface area contributed by atoms with Crippen molar-refractivity contribution in [2.75, 3.05) is 13.2 Å². The number of hydrogen-bond donors (Lipinski definition) is 0. The van der Waals surface area contributed by atoms with Gasteiger partial charge >= 0.3 is 5.97 Å². The highest BCUT2D eigenvalue weighted by Crippen LogP contribution is 2.31. The van der Waals surface area contributed by atoms with E-state index in [1.807, 2.05) is 91.0 Å². The first kappa shape index (κ1) is 32.1. The Morgan fingerprint density at radius 3 is 1.69 bits per heavy atom. The van der Waals surface area contributed by atoms with Crippen molar-refractivity contribution >= 4 is 14.0 Å². The maximum atomic E-state index is 12.4. The van der Waals surface area contributed by atoms with E-state index in [-0.39, 0.29) is 6.61 Å². The van der Waals surface area contributed by atoms with E-state index in [0.29, 0.717) is 26.4 Å². The van der Waals surface area contributed by atoms with Crippen molar-refractivity contribution in [3.05, 3.63) is 108 Å². The summed E-state index contributed by atoms with van der Waals surface area (Å²) in [6.07, 6.45) is -3.42. The van der Waals surface area contributed by atoms with Crippen LogP contribution in [0.1, 0.15) is 23.6 Å². The zero-order valence-electron chi connectivity index (χ0n) is 25.1. The normalized spacial score (nSPS) is 22.5.